The third kappa shape index (κ3) is 6.23. The van der Waals surface area contributed by atoms with Crippen LogP contribution in [-0.2, 0) is 10.9 Å². The largest absolute Gasteiger partial charge is 0.416 e. The highest BCUT2D eigenvalue weighted by atomic mass is 19.4. The maximum absolute atomic E-state index is 12.8. The molecule has 0 amide bonds. The number of hydrogen-bond donors (Lipinski definition) is 2. The first-order valence-corrected chi connectivity index (χ1v) is 8.63. The van der Waals surface area contributed by atoms with Crippen LogP contribution in [0, 0.1) is 0 Å². The summed E-state index contributed by atoms with van der Waals surface area (Å²) in [5.74, 6) is 0.706. The second kappa shape index (κ2) is 9.08. The lowest BCUT2D eigenvalue weighted by Crippen LogP contribution is -2.41. The lowest BCUT2D eigenvalue weighted by atomic mass is 9.96. The summed E-state index contributed by atoms with van der Waals surface area (Å²) in [6.45, 7) is 4.08. The third-order valence-corrected chi connectivity index (χ3v) is 4.40. The van der Waals surface area contributed by atoms with E-state index in [9.17, 15) is 13.2 Å². The standard InChI is InChI=1S/C18H26F3N3O/c1-13(14-5-3-6-15(11-14)18(19,20)21)8-9-23-17(22-2)24-12-16-7-4-10-25-16/h3,5-6,11,13,16H,4,7-10,12H2,1-2H3,(H2,22,23,24). The SMILES string of the molecule is CN=C(NCCC(C)c1cccc(C(F)(F)F)c1)NCC1CCCO1. The Labute approximate surface area is 146 Å². The van der Waals surface area contributed by atoms with Crippen LogP contribution in [0.4, 0.5) is 13.2 Å². The van der Waals surface area contributed by atoms with Gasteiger partial charge in [-0.25, -0.2) is 0 Å². The molecule has 25 heavy (non-hydrogen) atoms. The Kier molecular flexibility index (Phi) is 7.11. The van der Waals surface area contributed by atoms with E-state index in [1.54, 1.807) is 13.1 Å². The van der Waals surface area contributed by atoms with Gasteiger partial charge in [0, 0.05) is 26.7 Å². The molecule has 0 spiro atoms. The number of benzene rings is 1. The fourth-order valence-electron chi connectivity index (χ4n) is 2.83. The van der Waals surface area contributed by atoms with Gasteiger partial charge in [-0.1, -0.05) is 25.1 Å². The molecule has 1 fully saturated rings. The second-order valence-corrected chi connectivity index (χ2v) is 6.33. The number of nitrogens with zero attached hydrogens (tertiary/aromatic N) is 1. The quantitative estimate of drug-likeness (QED) is 0.605. The lowest BCUT2D eigenvalue weighted by molar-refractivity contribution is -0.137. The van der Waals surface area contributed by atoms with Crippen LogP contribution in [0.1, 0.15) is 43.2 Å². The number of alkyl halides is 3. The van der Waals surface area contributed by atoms with E-state index in [-0.39, 0.29) is 12.0 Å². The lowest BCUT2D eigenvalue weighted by Gasteiger charge is -2.17. The topological polar surface area (TPSA) is 45.7 Å². The number of ether oxygens (including phenoxy) is 1. The summed E-state index contributed by atoms with van der Waals surface area (Å²) < 4.78 is 44.0. The molecule has 0 aliphatic carbocycles. The van der Waals surface area contributed by atoms with Crippen molar-refractivity contribution in [1.82, 2.24) is 10.6 Å². The van der Waals surface area contributed by atoms with E-state index in [4.69, 9.17) is 4.74 Å². The molecule has 2 atom stereocenters. The molecule has 1 aliphatic rings. The van der Waals surface area contributed by atoms with Gasteiger partial charge in [-0.15, -0.1) is 0 Å². The van der Waals surface area contributed by atoms with E-state index < -0.39 is 11.7 Å². The van der Waals surface area contributed by atoms with Crippen molar-refractivity contribution in [3.05, 3.63) is 35.4 Å². The Morgan fingerprint density at radius 3 is 2.80 bits per heavy atom. The molecular weight excluding hydrogens is 331 g/mol. The Bertz CT molecular complexity index is 569. The van der Waals surface area contributed by atoms with Gasteiger partial charge >= 0.3 is 6.18 Å². The number of guanidine groups is 1. The smallest absolute Gasteiger partial charge is 0.376 e. The summed E-state index contributed by atoms with van der Waals surface area (Å²) in [7, 11) is 1.70. The van der Waals surface area contributed by atoms with Gasteiger partial charge in [-0.3, -0.25) is 4.99 Å². The average Bonchev–Trinajstić information content (AvgIpc) is 3.10. The summed E-state index contributed by atoms with van der Waals surface area (Å²) in [6, 6.07) is 5.54. The summed E-state index contributed by atoms with van der Waals surface area (Å²) in [6.07, 6.45) is -1.23. The van der Waals surface area contributed by atoms with Crippen LogP contribution in [0.15, 0.2) is 29.3 Å². The van der Waals surface area contributed by atoms with Crippen molar-refractivity contribution in [1.29, 1.82) is 0 Å². The first-order valence-electron chi connectivity index (χ1n) is 8.63. The molecule has 1 saturated heterocycles. The number of hydrogen-bond acceptors (Lipinski definition) is 2. The summed E-state index contributed by atoms with van der Waals surface area (Å²) in [5.41, 5.74) is 0.0952. The highest BCUT2D eigenvalue weighted by molar-refractivity contribution is 5.79. The van der Waals surface area contributed by atoms with E-state index in [2.05, 4.69) is 15.6 Å². The van der Waals surface area contributed by atoms with Gasteiger partial charge < -0.3 is 15.4 Å². The van der Waals surface area contributed by atoms with Crippen LogP contribution in [0.5, 0.6) is 0 Å². The van der Waals surface area contributed by atoms with Gasteiger partial charge in [0.15, 0.2) is 5.96 Å². The number of rotatable bonds is 6. The predicted octanol–water partition coefficient (Wildman–Crippen LogP) is 3.54. The van der Waals surface area contributed by atoms with Gasteiger partial charge in [0.05, 0.1) is 11.7 Å². The van der Waals surface area contributed by atoms with Crippen molar-refractivity contribution in [2.45, 2.75) is 44.4 Å². The van der Waals surface area contributed by atoms with Crippen LogP contribution in [-0.4, -0.2) is 38.8 Å². The molecule has 1 aliphatic heterocycles. The zero-order chi connectivity index (χ0) is 18.3. The Morgan fingerprint density at radius 2 is 2.16 bits per heavy atom. The summed E-state index contributed by atoms with van der Waals surface area (Å²) in [4.78, 5) is 4.16. The average molecular weight is 357 g/mol. The van der Waals surface area contributed by atoms with Gasteiger partial charge in [0.25, 0.3) is 0 Å². The van der Waals surface area contributed by atoms with Crippen LogP contribution in [0.3, 0.4) is 0 Å². The molecule has 1 heterocycles. The van der Waals surface area contributed by atoms with Crippen LogP contribution < -0.4 is 10.6 Å². The molecule has 140 valence electrons. The van der Waals surface area contributed by atoms with E-state index in [1.165, 1.54) is 12.1 Å². The van der Waals surface area contributed by atoms with Crippen molar-refractivity contribution in [3.8, 4) is 0 Å². The predicted molar refractivity (Wildman–Crippen MR) is 92.8 cm³/mol. The van der Waals surface area contributed by atoms with Crippen LogP contribution in [0.25, 0.3) is 0 Å². The molecule has 2 N–H and O–H groups in total. The monoisotopic (exact) mass is 357 g/mol. The molecule has 1 aromatic rings. The van der Waals surface area contributed by atoms with E-state index in [1.807, 2.05) is 6.92 Å². The van der Waals surface area contributed by atoms with Crippen molar-refractivity contribution in [2.75, 3.05) is 26.7 Å². The minimum atomic E-state index is -4.30. The van der Waals surface area contributed by atoms with Gasteiger partial charge in [-0.05, 0) is 36.8 Å². The Balaban J connectivity index is 1.78. The number of halogens is 3. The number of aliphatic imine (C=N–C) groups is 1. The minimum absolute atomic E-state index is 0.0195. The molecule has 0 aromatic heterocycles. The van der Waals surface area contributed by atoms with Crippen LogP contribution >= 0.6 is 0 Å². The van der Waals surface area contributed by atoms with Crippen LogP contribution in [0.2, 0.25) is 0 Å². The molecular formula is C18H26F3N3O. The Hall–Kier alpha value is -1.76. The molecule has 4 nitrogen and oxygen atoms in total. The minimum Gasteiger partial charge on any atom is -0.376 e. The molecule has 2 unspecified atom stereocenters. The van der Waals surface area contributed by atoms with Crippen molar-refractivity contribution < 1.29 is 17.9 Å². The molecule has 0 bridgehead atoms. The van der Waals surface area contributed by atoms with Crippen molar-refractivity contribution in [2.24, 2.45) is 4.99 Å². The van der Waals surface area contributed by atoms with E-state index >= 15 is 0 Å². The first-order chi connectivity index (χ1) is 11.9. The normalized spacial score (nSPS) is 19.7. The van der Waals surface area contributed by atoms with Gasteiger partial charge in [0.1, 0.15) is 0 Å². The highest BCUT2D eigenvalue weighted by Crippen LogP contribution is 2.31. The fourth-order valence-corrected chi connectivity index (χ4v) is 2.83. The number of nitrogens with one attached hydrogen (secondary N) is 2. The van der Waals surface area contributed by atoms with Crippen molar-refractivity contribution >= 4 is 5.96 Å². The van der Waals surface area contributed by atoms with Crippen molar-refractivity contribution in [3.63, 3.8) is 0 Å². The second-order valence-electron chi connectivity index (χ2n) is 6.33. The molecule has 2 rings (SSSR count). The third-order valence-electron chi connectivity index (χ3n) is 4.40. The molecule has 0 radical (unpaired) electrons. The summed E-state index contributed by atoms with van der Waals surface area (Å²) in [5, 5.41) is 6.42. The zero-order valence-electron chi connectivity index (χ0n) is 14.7. The van der Waals surface area contributed by atoms with Gasteiger partial charge in [-0.2, -0.15) is 13.2 Å². The maximum atomic E-state index is 12.8. The Morgan fingerprint density at radius 1 is 1.36 bits per heavy atom. The first kappa shape index (κ1) is 19.6. The highest BCUT2D eigenvalue weighted by Gasteiger charge is 2.30. The maximum Gasteiger partial charge on any atom is 0.416 e. The van der Waals surface area contributed by atoms with E-state index in [0.29, 0.717) is 31.0 Å². The molecule has 0 saturated carbocycles. The summed E-state index contributed by atoms with van der Waals surface area (Å²) >= 11 is 0. The molecule has 1 aromatic carbocycles. The molecule has 7 heteroatoms. The van der Waals surface area contributed by atoms with Gasteiger partial charge in [0.2, 0.25) is 0 Å². The zero-order valence-corrected chi connectivity index (χ0v) is 14.7. The van der Waals surface area contributed by atoms with E-state index in [0.717, 1.165) is 25.5 Å². The fraction of sp³-hybridized carbons (Fsp3) is 0.611.